The lowest BCUT2D eigenvalue weighted by molar-refractivity contribution is -0.115. The van der Waals surface area contributed by atoms with Crippen molar-refractivity contribution in [1.82, 2.24) is 15.0 Å². The molecule has 152 valence electrons. The van der Waals surface area contributed by atoms with Gasteiger partial charge in [0.15, 0.2) is 0 Å². The predicted octanol–water partition coefficient (Wildman–Crippen LogP) is 3.67. The van der Waals surface area contributed by atoms with Crippen molar-refractivity contribution in [1.29, 1.82) is 0 Å². The molecule has 0 fully saturated rings. The average molecular weight is 402 g/mol. The zero-order valence-corrected chi connectivity index (χ0v) is 16.8. The Balaban J connectivity index is 1.54. The second-order valence-corrected chi connectivity index (χ2v) is 6.97. The van der Waals surface area contributed by atoms with E-state index in [1.54, 1.807) is 19.2 Å². The standard InChI is InChI=1S/C23H22N4O3/c1-3-16-11-22(29)27-23(26-16)14-5-4-6-17(9-14)25-21(28)10-15-13-24-20-8-7-18(30-2)12-19(15)20/h4-9,11-13,24H,3,10H2,1-2H3,(H,25,28)(H,26,27,29). The highest BCUT2D eigenvalue weighted by Gasteiger charge is 2.11. The predicted molar refractivity (Wildman–Crippen MR) is 117 cm³/mol. The minimum atomic E-state index is -0.193. The first kappa shape index (κ1) is 19.4. The number of aryl methyl sites for hydroxylation is 1. The van der Waals surface area contributed by atoms with Crippen molar-refractivity contribution in [2.75, 3.05) is 12.4 Å². The summed E-state index contributed by atoms with van der Waals surface area (Å²) in [5, 5.41) is 3.88. The summed E-state index contributed by atoms with van der Waals surface area (Å²) in [6.07, 6.45) is 2.73. The fourth-order valence-corrected chi connectivity index (χ4v) is 3.38. The maximum atomic E-state index is 12.7. The number of benzene rings is 2. The lowest BCUT2D eigenvalue weighted by Gasteiger charge is -2.08. The third-order valence-electron chi connectivity index (χ3n) is 4.90. The van der Waals surface area contributed by atoms with Gasteiger partial charge in [-0.25, -0.2) is 4.98 Å². The van der Waals surface area contributed by atoms with Crippen LogP contribution in [0.5, 0.6) is 5.75 Å². The summed E-state index contributed by atoms with van der Waals surface area (Å²) in [5.74, 6) is 1.09. The van der Waals surface area contributed by atoms with Gasteiger partial charge in [0.1, 0.15) is 11.6 Å². The van der Waals surface area contributed by atoms with Crippen molar-refractivity contribution < 1.29 is 9.53 Å². The van der Waals surface area contributed by atoms with Crippen LogP contribution in [0.4, 0.5) is 5.69 Å². The number of H-pyrrole nitrogens is 2. The number of nitrogens with zero attached hydrogens (tertiary/aromatic N) is 1. The number of rotatable bonds is 6. The number of amides is 1. The van der Waals surface area contributed by atoms with Crippen LogP contribution >= 0.6 is 0 Å². The zero-order valence-electron chi connectivity index (χ0n) is 16.8. The largest absolute Gasteiger partial charge is 0.497 e. The van der Waals surface area contributed by atoms with E-state index in [-0.39, 0.29) is 17.9 Å². The second kappa shape index (κ2) is 8.24. The summed E-state index contributed by atoms with van der Waals surface area (Å²) in [4.78, 5) is 34.9. The first-order valence-corrected chi connectivity index (χ1v) is 9.70. The molecule has 30 heavy (non-hydrogen) atoms. The SMILES string of the molecule is CCc1cc(=O)[nH]c(-c2cccc(NC(=O)Cc3c[nH]c4ccc(OC)cc34)c2)n1. The van der Waals surface area contributed by atoms with Crippen LogP contribution in [0, 0.1) is 0 Å². The lowest BCUT2D eigenvalue weighted by Crippen LogP contribution is -2.14. The van der Waals surface area contributed by atoms with Gasteiger partial charge in [-0.15, -0.1) is 0 Å². The Morgan fingerprint density at radius 2 is 2.03 bits per heavy atom. The summed E-state index contributed by atoms with van der Waals surface area (Å²) in [5.41, 5.74) is 3.74. The van der Waals surface area contributed by atoms with E-state index in [9.17, 15) is 9.59 Å². The van der Waals surface area contributed by atoms with Gasteiger partial charge < -0.3 is 20.0 Å². The van der Waals surface area contributed by atoms with Gasteiger partial charge in [0, 0.05) is 40.1 Å². The fourth-order valence-electron chi connectivity index (χ4n) is 3.38. The molecule has 0 unspecified atom stereocenters. The molecule has 0 aliphatic heterocycles. The smallest absolute Gasteiger partial charge is 0.251 e. The van der Waals surface area contributed by atoms with Crippen molar-refractivity contribution in [3.8, 4) is 17.1 Å². The van der Waals surface area contributed by atoms with Crippen LogP contribution in [0.2, 0.25) is 0 Å². The molecule has 0 bridgehead atoms. The topological polar surface area (TPSA) is 99.9 Å². The molecule has 4 rings (SSSR count). The number of nitrogens with one attached hydrogen (secondary N) is 3. The molecule has 0 spiro atoms. The van der Waals surface area contributed by atoms with E-state index >= 15 is 0 Å². The van der Waals surface area contributed by atoms with E-state index in [0.29, 0.717) is 17.9 Å². The van der Waals surface area contributed by atoms with E-state index in [2.05, 4.69) is 20.3 Å². The second-order valence-electron chi connectivity index (χ2n) is 6.97. The average Bonchev–Trinajstić information content (AvgIpc) is 3.15. The molecule has 2 aromatic heterocycles. The molecule has 0 radical (unpaired) electrons. The Morgan fingerprint density at radius 3 is 2.83 bits per heavy atom. The Labute approximate surface area is 173 Å². The van der Waals surface area contributed by atoms with E-state index in [4.69, 9.17) is 4.74 Å². The molecule has 0 saturated carbocycles. The molecule has 0 aliphatic carbocycles. The normalized spacial score (nSPS) is 10.9. The Kier molecular flexibility index (Phi) is 5.34. The number of hydrogen-bond donors (Lipinski definition) is 3. The highest BCUT2D eigenvalue weighted by atomic mass is 16.5. The lowest BCUT2D eigenvalue weighted by atomic mass is 10.1. The van der Waals surface area contributed by atoms with Crippen LogP contribution in [-0.2, 0) is 17.6 Å². The fraction of sp³-hybridized carbons (Fsp3) is 0.174. The van der Waals surface area contributed by atoms with Crippen LogP contribution in [0.3, 0.4) is 0 Å². The van der Waals surface area contributed by atoms with E-state index < -0.39 is 0 Å². The third-order valence-corrected chi connectivity index (χ3v) is 4.90. The number of fused-ring (bicyclic) bond motifs is 1. The van der Waals surface area contributed by atoms with Crippen molar-refractivity contribution >= 4 is 22.5 Å². The Bertz CT molecular complexity index is 1270. The molecule has 2 heterocycles. The van der Waals surface area contributed by atoms with Crippen molar-refractivity contribution in [2.45, 2.75) is 19.8 Å². The van der Waals surface area contributed by atoms with Crippen molar-refractivity contribution in [2.24, 2.45) is 0 Å². The van der Waals surface area contributed by atoms with Gasteiger partial charge in [-0.05, 0) is 42.3 Å². The van der Waals surface area contributed by atoms with Gasteiger partial charge in [-0.1, -0.05) is 19.1 Å². The highest BCUT2D eigenvalue weighted by Crippen LogP contribution is 2.24. The van der Waals surface area contributed by atoms with Crippen molar-refractivity contribution in [3.63, 3.8) is 0 Å². The number of carbonyl (C=O) groups excluding carboxylic acids is 1. The van der Waals surface area contributed by atoms with Gasteiger partial charge in [0.25, 0.3) is 5.56 Å². The zero-order chi connectivity index (χ0) is 21.1. The van der Waals surface area contributed by atoms with Crippen LogP contribution < -0.4 is 15.6 Å². The minimum absolute atomic E-state index is 0.139. The van der Waals surface area contributed by atoms with Gasteiger partial charge in [-0.2, -0.15) is 0 Å². The van der Waals surface area contributed by atoms with Gasteiger partial charge in [0.2, 0.25) is 5.91 Å². The molecular weight excluding hydrogens is 380 g/mol. The first-order valence-electron chi connectivity index (χ1n) is 9.70. The van der Waals surface area contributed by atoms with E-state index in [0.717, 1.165) is 33.5 Å². The summed E-state index contributed by atoms with van der Waals surface area (Å²) in [6, 6.07) is 14.5. The quantitative estimate of drug-likeness (QED) is 0.458. The molecule has 4 aromatic rings. The van der Waals surface area contributed by atoms with Crippen molar-refractivity contribution in [3.05, 3.63) is 76.3 Å². The Morgan fingerprint density at radius 1 is 1.17 bits per heavy atom. The van der Waals surface area contributed by atoms with Crippen LogP contribution in [0.25, 0.3) is 22.3 Å². The van der Waals surface area contributed by atoms with Gasteiger partial charge in [-0.3, -0.25) is 9.59 Å². The van der Waals surface area contributed by atoms with E-state index in [1.165, 1.54) is 6.07 Å². The number of carbonyl (C=O) groups is 1. The molecule has 7 nitrogen and oxygen atoms in total. The molecule has 7 heteroatoms. The summed E-state index contributed by atoms with van der Waals surface area (Å²) in [6.45, 7) is 1.95. The highest BCUT2D eigenvalue weighted by molar-refractivity contribution is 5.96. The minimum Gasteiger partial charge on any atom is -0.497 e. The monoisotopic (exact) mass is 402 g/mol. The number of aromatic amines is 2. The van der Waals surface area contributed by atoms with E-state index in [1.807, 2.05) is 43.5 Å². The van der Waals surface area contributed by atoms with Gasteiger partial charge in [0.05, 0.1) is 13.5 Å². The molecule has 3 N–H and O–H groups in total. The summed E-state index contributed by atoms with van der Waals surface area (Å²) >= 11 is 0. The molecule has 0 saturated heterocycles. The maximum Gasteiger partial charge on any atom is 0.251 e. The third kappa shape index (κ3) is 4.10. The molecule has 1 amide bonds. The number of methoxy groups -OCH3 is 1. The molecular formula is C23H22N4O3. The molecule has 0 atom stereocenters. The Hall–Kier alpha value is -3.87. The first-order chi connectivity index (χ1) is 14.6. The molecule has 2 aromatic carbocycles. The number of ether oxygens (including phenoxy) is 1. The van der Waals surface area contributed by atoms with Crippen LogP contribution in [0.15, 0.2) is 59.5 Å². The number of anilines is 1. The number of aromatic nitrogens is 3. The van der Waals surface area contributed by atoms with Crippen LogP contribution in [-0.4, -0.2) is 28.0 Å². The summed E-state index contributed by atoms with van der Waals surface area (Å²) < 4.78 is 5.28. The maximum absolute atomic E-state index is 12.7. The number of hydrogen-bond acceptors (Lipinski definition) is 4. The van der Waals surface area contributed by atoms with Crippen LogP contribution in [0.1, 0.15) is 18.2 Å². The summed E-state index contributed by atoms with van der Waals surface area (Å²) in [7, 11) is 1.62. The van der Waals surface area contributed by atoms with Gasteiger partial charge >= 0.3 is 0 Å². The molecule has 0 aliphatic rings.